The second-order valence-corrected chi connectivity index (χ2v) is 6.04. The van der Waals surface area contributed by atoms with E-state index in [4.69, 9.17) is 22.1 Å². The minimum atomic E-state index is -4.93. The average Bonchev–Trinajstić information content (AvgIpc) is 2.64. The molecule has 29 heavy (non-hydrogen) atoms. The predicted molar refractivity (Wildman–Crippen MR) is 96.4 cm³/mol. The summed E-state index contributed by atoms with van der Waals surface area (Å²) in [4.78, 5) is 11.3. The lowest BCUT2D eigenvalue weighted by atomic mass is 10.0. The summed E-state index contributed by atoms with van der Waals surface area (Å²) in [5, 5.41) is 7.12. The third-order valence-corrected chi connectivity index (χ3v) is 3.70. The largest absolute Gasteiger partial charge is 0.434 e. The van der Waals surface area contributed by atoms with Crippen LogP contribution in [0.25, 0.3) is 11.1 Å². The van der Waals surface area contributed by atoms with E-state index in [0.29, 0.717) is 11.6 Å². The first-order valence-corrected chi connectivity index (χ1v) is 8.21. The Kier molecular flexibility index (Phi) is 5.59. The molecule has 3 aromatic rings. The van der Waals surface area contributed by atoms with E-state index in [1.807, 2.05) is 0 Å². The molecule has 3 rings (SSSR count). The van der Waals surface area contributed by atoms with Crippen molar-refractivity contribution in [1.82, 2.24) is 20.2 Å². The maximum atomic E-state index is 14.8. The van der Waals surface area contributed by atoms with E-state index in [-0.39, 0.29) is 28.1 Å². The highest BCUT2D eigenvalue weighted by Crippen LogP contribution is 2.42. The Balaban J connectivity index is 2.13. The molecular formula is C17H11ClF4N6O. The molecule has 0 amide bonds. The molecule has 2 heterocycles. The van der Waals surface area contributed by atoms with Gasteiger partial charge in [0.05, 0.1) is 5.56 Å². The van der Waals surface area contributed by atoms with Crippen molar-refractivity contribution in [2.24, 2.45) is 10.7 Å². The van der Waals surface area contributed by atoms with Crippen LogP contribution in [0.4, 0.5) is 23.4 Å². The van der Waals surface area contributed by atoms with Crippen molar-refractivity contribution in [3.05, 3.63) is 53.9 Å². The lowest BCUT2D eigenvalue weighted by Crippen LogP contribution is -2.10. The molecule has 0 saturated carbocycles. The molecule has 0 unspecified atom stereocenters. The Hall–Kier alpha value is -3.34. The summed E-state index contributed by atoms with van der Waals surface area (Å²) in [6.07, 6.45) is -1.09. The van der Waals surface area contributed by atoms with E-state index in [2.05, 4.69) is 25.2 Å². The lowest BCUT2D eigenvalue weighted by molar-refractivity contribution is -0.140. The molecule has 0 atom stereocenters. The summed E-state index contributed by atoms with van der Waals surface area (Å²) < 4.78 is 59.7. The number of aliphatic imine (C=N–C) groups is 1. The van der Waals surface area contributed by atoms with Gasteiger partial charge in [0, 0.05) is 29.1 Å². The molecule has 0 fully saturated rings. The number of amidine groups is 1. The van der Waals surface area contributed by atoms with Gasteiger partial charge in [0.1, 0.15) is 6.33 Å². The van der Waals surface area contributed by atoms with Crippen LogP contribution in [0.2, 0.25) is 0 Å². The molecule has 2 aromatic heterocycles. The first-order chi connectivity index (χ1) is 13.7. The van der Waals surface area contributed by atoms with Crippen LogP contribution in [-0.4, -0.2) is 25.5 Å². The van der Waals surface area contributed by atoms with Crippen LogP contribution in [0.1, 0.15) is 11.1 Å². The van der Waals surface area contributed by atoms with Gasteiger partial charge in [0.2, 0.25) is 5.88 Å². The normalized spacial score (nSPS) is 12.1. The number of ether oxygens (including phenoxy) is 1. The molecular weight excluding hydrogens is 416 g/mol. The molecule has 7 nitrogen and oxygen atoms in total. The highest BCUT2D eigenvalue weighted by molar-refractivity contribution is 6.64. The summed E-state index contributed by atoms with van der Waals surface area (Å²) in [6, 6.07) is 3.05. The molecule has 1 aromatic carbocycles. The van der Waals surface area contributed by atoms with Gasteiger partial charge in [0.15, 0.2) is 22.7 Å². The van der Waals surface area contributed by atoms with E-state index in [1.54, 1.807) is 0 Å². The molecule has 12 heteroatoms. The number of hydrogen-bond donors (Lipinski definition) is 1. The highest BCUT2D eigenvalue weighted by Gasteiger charge is 2.36. The lowest BCUT2D eigenvalue weighted by Gasteiger charge is -2.16. The second-order valence-electron chi connectivity index (χ2n) is 5.66. The van der Waals surface area contributed by atoms with Crippen molar-refractivity contribution < 1.29 is 22.3 Å². The minimum Gasteiger partial charge on any atom is -0.434 e. The zero-order valence-electron chi connectivity index (χ0n) is 14.6. The number of nitrogens with two attached hydrogens (primary N) is 1. The van der Waals surface area contributed by atoms with Crippen molar-refractivity contribution in [3.8, 4) is 22.8 Å². The fourth-order valence-corrected chi connectivity index (χ4v) is 2.45. The van der Waals surface area contributed by atoms with Gasteiger partial charge in [0.25, 0.3) is 0 Å². The molecule has 0 radical (unpaired) electrons. The first-order valence-electron chi connectivity index (χ1n) is 7.83. The standard InChI is InChI=1S/C17H11ClF4N6O/c1-8-4-12(26-16(18)23)27-28-15(8)29-14-10(9-5-24-7-25-6-9)2-3-11(13(14)19)17(20,21)22/h2-7H,1H3,(H2,23,26,27). The van der Waals surface area contributed by atoms with Gasteiger partial charge < -0.3 is 10.5 Å². The van der Waals surface area contributed by atoms with Crippen LogP contribution >= 0.6 is 11.6 Å². The van der Waals surface area contributed by atoms with Crippen LogP contribution < -0.4 is 10.5 Å². The number of rotatable bonds is 4. The monoisotopic (exact) mass is 426 g/mol. The van der Waals surface area contributed by atoms with Crippen LogP contribution in [0, 0.1) is 12.7 Å². The van der Waals surface area contributed by atoms with Crippen molar-refractivity contribution in [3.63, 3.8) is 0 Å². The van der Waals surface area contributed by atoms with Gasteiger partial charge in [-0.05, 0) is 36.7 Å². The summed E-state index contributed by atoms with van der Waals surface area (Å²) in [5.74, 6) is -2.48. The summed E-state index contributed by atoms with van der Waals surface area (Å²) in [5.41, 5.74) is 4.32. The number of hydrogen-bond acceptors (Lipinski definition) is 6. The highest BCUT2D eigenvalue weighted by atomic mass is 35.5. The smallest absolute Gasteiger partial charge is 0.419 e. The van der Waals surface area contributed by atoms with Crippen molar-refractivity contribution >= 4 is 22.7 Å². The Morgan fingerprint density at radius 2 is 1.86 bits per heavy atom. The van der Waals surface area contributed by atoms with Gasteiger partial charge in [-0.25, -0.2) is 14.4 Å². The topological polar surface area (TPSA) is 99.2 Å². The third-order valence-electron chi connectivity index (χ3n) is 3.62. The van der Waals surface area contributed by atoms with Crippen LogP contribution in [-0.2, 0) is 6.18 Å². The van der Waals surface area contributed by atoms with Gasteiger partial charge in [-0.15, -0.1) is 10.2 Å². The quantitative estimate of drug-likeness (QED) is 0.288. The fraction of sp³-hybridized carbons (Fsp3) is 0.118. The van der Waals surface area contributed by atoms with Crippen molar-refractivity contribution in [2.45, 2.75) is 13.1 Å². The number of aryl methyl sites for hydroxylation is 1. The molecule has 2 N–H and O–H groups in total. The summed E-state index contributed by atoms with van der Waals surface area (Å²) in [6.45, 7) is 1.52. The molecule has 0 aliphatic heterocycles. The van der Waals surface area contributed by atoms with E-state index in [0.717, 1.165) is 6.07 Å². The van der Waals surface area contributed by atoms with Crippen molar-refractivity contribution in [1.29, 1.82) is 0 Å². The first kappa shape index (κ1) is 20.4. The number of nitrogens with zero attached hydrogens (tertiary/aromatic N) is 5. The zero-order chi connectivity index (χ0) is 21.2. The third kappa shape index (κ3) is 4.57. The molecule has 0 spiro atoms. The van der Waals surface area contributed by atoms with Gasteiger partial charge >= 0.3 is 6.18 Å². The van der Waals surface area contributed by atoms with E-state index in [1.165, 1.54) is 31.7 Å². The summed E-state index contributed by atoms with van der Waals surface area (Å²) in [7, 11) is 0. The minimum absolute atomic E-state index is 0.00407. The number of aromatic nitrogens is 4. The van der Waals surface area contributed by atoms with Gasteiger partial charge in [-0.3, -0.25) is 0 Å². The molecule has 0 saturated heterocycles. The number of halogens is 5. The molecule has 150 valence electrons. The van der Waals surface area contributed by atoms with E-state index < -0.39 is 23.3 Å². The van der Waals surface area contributed by atoms with Crippen LogP contribution in [0.15, 0.2) is 41.9 Å². The van der Waals surface area contributed by atoms with Crippen molar-refractivity contribution in [2.75, 3.05) is 0 Å². The SMILES string of the molecule is Cc1cc(N=C(N)Cl)nnc1Oc1c(-c2cncnc2)ccc(C(F)(F)F)c1F. The van der Waals surface area contributed by atoms with Crippen LogP contribution in [0.3, 0.4) is 0 Å². The van der Waals surface area contributed by atoms with E-state index >= 15 is 0 Å². The Labute approximate surface area is 166 Å². The molecule has 0 bridgehead atoms. The number of benzene rings is 1. The maximum absolute atomic E-state index is 14.8. The van der Waals surface area contributed by atoms with Gasteiger partial charge in [-0.2, -0.15) is 18.2 Å². The second kappa shape index (κ2) is 7.95. The Bertz CT molecular complexity index is 1070. The zero-order valence-corrected chi connectivity index (χ0v) is 15.3. The molecule has 0 aliphatic rings. The molecule has 0 aliphatic carbocycles. The summed E-state index contributed by atoms with van der Waals surface area (Å²) >= 11 is 5.46. The van der Waals surface area contributed by atoms with E-state index in [9.17, 15) is 17.6 Å². The number of alkyl halides is 3. The Morgan fingerprint density at radius 1 is 1.17 bits per heavy atom. The fourth-order valence-electron chi connectivity index (χ4n) is 2.36. The van der Waals surface area contributed by atoms with Gasteiger partial charge in [-0.1, -0.05) is 0 Å². The maximum Gasteiger partial charge on any atom is 0.419 e. The average molecular weight is 427 g/mol. The van der Waals surface area contributed by atoms with Crippen LogP contribution in [0.5, 0.6) is 11.6 Å². The predicted octanol–water partition coefficient (Wildman–Crippen LogP) is 4.38. The Morgan fingerprint density at radius 3 is 2.45 bits per heavy atom.